The van der Waals surface area contributed by atoms with Gasteiger partial charge in [-0.2, -0.15) is 0 Å². The summed E-state index contributed by atoms with van der Waals surface area (Å²) in [6.07, 6.45) is 8.18. The third kappa shape index (κ3) is 3.68. The number of aromatic nitrogens is 3. The normalized spacial score (nSPS) is 16.0. The molecule has 2 aliphatic rings. The van der Waals surface area contributed by atoms with Crippen LogP contribution in [0.4, 0.5) is 5.82 Å². The minimum absolute atomic E-state index is 0.0263. The molecule has 1 N–H and O–H groups in total. The molecule has 0 unspecified atom stereocenters. The number of amides is 1. The van der Waals surface area contributed by atoms with Gasteiger partial charge in [0.05, 0.1) is 10.9 Å². The Morgan fingerprint density at radius 2 is 1.79 bits per heavy atom. The largest absolute Gasteiger partial charge is 0.507 e. The van der Waals surface area contributed by atoms with Crippen LogP contribution < -0.4 is 4.90 Å². The number of thiophene rings is 1. The number of piperazine rings is 1. The van der Waals surface area contributed by atoms with Gasteiger partial charge in [0, 0.05) is 49.0 Å². The average Bonchev–Trinajstić information content (AvgIpc) is 3.27. The van der Waals surface area contributed by atoms with E-state index in [1.165, 1.54) is 28.7 Å². The zero-order chi connectivity index (χ0) is 23.1. The van der Waals surface area contributed by atoms with Crippen LogP contribution in [-0.2, 0) is 12.8 Å². The highest BCUT2D eigenvalue weighted by Gasteiger charge is 2.28. The highest BCUT2D eigenvalue weighted by molar-refractivity contribution is 7.19. The summed E-state index contributed by atoms with van der Waals surface area (Å²) >= 11 is 1.80. The SMILES string of the molecule is O=C(c1ccccc1O)N1CCN(c2nc(-c3cccnc3)nc3sc4c(c23)CCCC4)CC1. The van der Waals surface area contributed by atoms with E-state index < -0.39 is 0 Å². The van der Waals surface area contributed by atoms with E-state index in [1.807, 2.05) is 17.0 Å². The second-order valence-electron chi connectivity index (χ2n) is 8.80. The van der Waals surface area contributed by atoms with Crippen molar-refractivity contribution in [3.8, 4) is 17.1 Å². The Labute approximate surface area is 201 Å². The smallest absolute Gasteiger partial charge is 0.257 e. The lowest BCUT2D eigenvalue weighted by Crippen LogP contribution is -2.49. The van der Waals surface area contributed by atoms with E-state index in [4.69, 9.17) is 9.97 Å². The van der Waals surface area contributed by atoms with Gasteiger partial charge in [-0.25, -0.2) is 9.97 Å². The number of hydrogen-bond donors (Lipinski definition) is 1. The highest BCUT2D eigenvalue weighted by Crippen LogP contribution is 2.41. The van der Waals surface area contributed by atoms with Crippen LogP contribution in [0.2, 0.25) is 0 Å². The van der Waals surface area contributed by atoms with Gasteiger partial charge in [0.15, 0.2) is 5.82 Å². The molecule has 1 fully saturated rings. The molecule has 0 atom stereocenters. The van der Waals surface area contributed by atoms with Crippen molar-refractivity contribution in [2.75, 3.05) is 31.1 Å². The van der Waals surface area contributed by atoms with E-state index >= 15 is 0 Å². The number of benzene rings is 1. The zero-order valence-corrected chi connectivity index (χ0v) is 19.6. The maximum Gasteiger partial charge on any atom is 0.257 e. The average molecular weight is 472 g/mol. The summed E-state index contributed by atoms with van der Waals surface area (Å²) in [5.41, 5.74) is 2.67. The third-order valence-electron chi connectivity index (χ3n) is 6.72. The number of hydrogen-bond acceptors (Lipinski definition) is 7. The van der Waals surface area contributed by atoms with Gasteiger partial charge in [-0.05, 0) is 55.5 Å². The minimum Gasteiger partial charge on any atom is -0.507 e. The van der Waals surface area contributed by atoms with E-state index in [1.54, 1.807) is 48.0 Å². The summed E-state index contributed by atoms with van der Waals surface area (Å²) < 4.78 is 0. The van der Waals surface area contributed by atoms with Gasteiger partial charge < -0.3 is 14.9 Å². The van der Waals surface area contributed by atoms with Crippen LogP contribution in [0, 0.1) is 0 Å². The maximum absolute atomic E-state index is 13.0. The first kappa shape index (κ1) is 21.0. The van der Waals surface area contributed by atoms with Crippen molar-refractivity contribution in [1.29, 1.82) is 0 Å². The van der Waals surface area contributed by atoms with Gasteiger partial charge in [-0.1, -0.05) is 12.1 Å². The number of carbonyl (C=O) groups excluding carboxylic acids is 1. The highest BCUT2D eigenvalue weighted by atomic mass is 32.1. The van der Waals surface area contributed by atoms with E-state index in [9.17, 15) is 9.90 Å². The van der Waals surface area contributed by atoms with Crippen molar-refractivity contribution in [3.05, 3.63) is 64.8 Å². The molecule has 1 aliphatic carbocycles. The first-order valence-electron chi connectivity index (χ1n) is 11.7. The molecule has 4 aromatic rings. The van der Waals surface area contributed by atoms with Gasteiger partial charge in [0.2, 0.25) is 0 Å². The van der Waals surface area contributed by atoms with Crippen LogP contribution in [0.3, 0.4) is 0 Å². The Kier molecular flexibility index (Phi) is 5.37. The fourth-order valence-electron chi connectivity index (χ4n) is 4.94. The van der Waals surface area contributed by atoms with E-state index in [-0.39, 0.29) is 11.7 Å². The number of phenolic OH excluding ortho intramolecular Hbond substituents is 1. The van der Waals surface area contributed by atoms with Gasteiger partial charge >= 0.3 is 0 Å². The number of para-hydroxylation sites is 1. The van der Waals surface area contributed by atoms with E-state index in [0.717, 1.165) is 29.1 Å². The standard InChI is InChI=1S/C26H25N5O2S/c32-20-9-3-1-7-18(20)26(33)31-14-12-30(13-15-31)24-22-19-8-2-4-10-21(19)34-25(22)29-23(28-24)17-6-5-11-27-16-17/h1,3,5-7,9,11,16,32H,2,4,8,10,12-15H2. The van der Waals surface area contributed by atoms with Crippen LogP contribution in [0.1, 0.15) is 33.6 Å². The van der Waals surface area contributed by atoms with Crippen molar-refractivity contribution < 1.29 is 9.90 Å². The molecular formula is C26H25N5O2S. The summed E-state index contributed by atoms with van der Waals surface area (Å²) in [6, 6.07) is 10.6. The van der Waals surface area contributed by atoms with E-state index in [2.05, 4.69) is 9.88 Å². The molecule has 0 radical (unpaired) electrons. The number of nitrogens with zero attached hydrogens (tertiary/aromatic N) is 5. The summed E-state index contributed by atoms with van der Waals surface area (Å²) in [4.78, 5) is 33.8. The van der Waals surface area contributed by atoms with E-state index in [0.29, 0.717) is 37.6 Å². The van der Waals surface area contributed by atoms with Gasteiger partial charge in [0.25, 0.3) is 5.91 Å². The molecule has 1 aliphatic heterocycles. The lowest BCUT2D eigenvalue weighted by molar-refractivity contribution is 0.0743. The molecule has 3 aromatic heterocycles. The molecule has 0 bridgehead atoms. The van der Waals surface area contributed by atoms with Crippen molar-refractivity contribution in [1.82, 2.24) is 19.9 Å². The number of aryl methyl sites for hydroxylation is 2. The maximum atomic E-state index is 13.0. The Hall–Kier alpha value is -3.52. The van der Waals surface area contributed by atoms with Crippen LogP contribution in [0.15, 0.2) is 48.8 Å². The molecule has 4 heterocycles. The summed E-state index contributed by atoms with van der Waals surface area (Å²) in [5.74, 6) is 1.56. The number of fused-ring (bicyclic) bond motifs is 3. The second-order valence-corrected chi connectivity index (χ2v) is 9.88. The Morgan fingerprint density at radius 3 is 2.59 bits per heavy atom. The Bertz CT molecular complexity index is 1360. The molecule has 7 nitrogen and oxygen atoms in total. The lowest BCUT2D eigenvalue weighted by atomic mass is 9.96. The number of anilines is 1. The Morgan fingerprint density at radius 1 is 0.971 bits per heavy atom. The molecule has 172 valence electrons. The van der Waals surface area contributed by atoms with Crippen LogP contribution in [0.5, 0.6) is 5.75 Å². The molecule has 1 saturated heterocycles. The van der Waals surface area contributed by atoms with Crippen LogP contribution >= 0.6 is 11.3 Å². The predicted molar refractivity (Wildman–Crippen MR) is 134 cm³/mol. The molecule has 6 rings (SSSR count). The molecule has 1 aromatic carbocycles. The predicted octanol–water partition coefficient (Wildman–Crippen LogP) is 4.30. The topological polar surface area (TPSA) is 82.5 Å². The van der Waals surface area contributed by atoms with Gasteiger partial charge in [-0.3, -0.25) is 9.78 Å². The van der Waals surface area contributed by atoms with Crippen molar-refractivity contribution in [2.45, 2.75) is 25.7 Å². The van der Waals surface area contributed by atoms with Crippen molar-refractivity contribution in [3.63, 3.8) is 0 Å². The number of pyridine rings is 1. The minimum atomic E-state index is -0.130. The number of carbonyl (C=O) groups is 1. The molecule has 0 spiro atoms. The fourth-order valence-corrected chi connectivity index (χ4v) is 6.19. The fraction of sp³-hybridized carbons (Fsp3) is 0.308. The lowest BCUT2D eigenvalue weighted by Gasteiger charge is -2.36. The summed E-state index contributed by atoms with van der Waals surface area (Å²) in [7, 11) is 0. The number of aromatic hydroxyl groups is 1. The third-order valence-corrected chi connectivity index (χ3v) is 7.90. The second kappa shape index (κ2) is 8.68. The summed E-state index contributed by atoms with van der Waals surface area (Å²) in [5, 5.41) is 11.3. The van der Waals surface area contributed by atoms with Gasteiger partial charge in [-0.15, -0.1) is 11.3 Å². The van der Waals surface area contributed by atoms with Crippen LogP contribution in [0.25, 0.3) is 21.6 Å². The number of rotatable bonds is 3. The first-order chi connectivity index (χ1) is 16.7. The first-order valence-corrected chi connectivity index (χ1v) is 12.6. The van der Waals surface area contributed by atoms with Crippen LogP contribution in [-0.4, -0.2) is 57.0 Å². The van der Waals surface area contributed by atoms with Crippen molar-refractivity contribution in [2.24, 2.45) is 0 Å². The molecule has 8 heteroatoms. The monoisotopic (exact) mass is 471 g/mol. The zero-order valence-electron chi connectivity index (χ0n) is 18.8. The Balaban J connectivity index is 1.35. The quantitative estimate of drug-likeness (QED) is 0.480. The molecular weight excluding hydrogens is 446 g/mol. The molecule has 1 amide bonds. The molecule has 34 heavy (non-hydrogen) atoms. The van der Waals surface area contributed by atoms with Crippen molar-refractivity contribution >= 4 is 33.3 Å². The van der Waals surface area contributed by atoms with Gasteiger partial charge in [0.1, 0.15) is 16.4 Å². The number of phenols is 1. The molecule has 0 saturated carbocycles. The summed E-state index contributed by atoms with van der Waals surface area (Å²) in [6.45, 7) is 2.52.